The van der Waals surface area contributed by atoms with Crippen molar-refractivity contribution in [1.29, 1.82) is 0 Å². The summed E-state index contributed by atoms with van der Waals surface area (Å²) in [5.41, 5.74) is 4.20. The van der Waals surface area contributed by atoms with E-state index in [1.165, 1.54) is 13.2 Å². The van der Waals surface area contributed by atoms with E-state index in [0.717, 1.165) is 11.4 Å². The average molecular weight is 343 g/mol. The Morgan fingerprint density at radius 1 is 1.08 bits per heavy atom. The van der Waals surface area contributed by atoms with Gasteiger partial charge in [-0.3, -0.25) is 4.79 Å². The fraction of sp³-hybridized carbons (Fsp3) is 0.222. The monoisotopic (exact) mass is 343 g/mol. The van der Waals surface area contributed by atoms with Crippen molar-refractivity contribution in [2.75, 3.05) is 26.1 Å². The van der Waals surface area contributed by atoms with Crippen LogP contribution in [-0.2, 0) is 4.79 Å². The van der Waals surface area contributed by atoms with Crippen LogP contribution in [0.4, 0.5) is 5.69 Å². The molecule has 1 amide bonds. The van der Waals surface area contributed by atoms with Crippen molar-refractivity contribution in [3.8, 4) is 17.2 Å². The molecular formula is C18H21N3O4. The molecule has 7 heteroatoms. The fourth-order valence-electron chi connectivity index (χ4n) is 2.07. The zero-order valence-electron chi connectivity index (χ0n) is 14.4. The third-order valence-electron chi connectivity index (χ3n) is 3.48. The van der Waals surface area contributed by atoms with Crippen LogP contribution in [0.1, 0.15) is 12.5 Å². The smallest absolute Gasteiger partial charge is 0.259 e. The van der Waals surface area contributed by atoms with E-state index >= 15 is 0 Å². The van der Waals surface area contributed by atoms with Gasteiger partial charge in [-0.05, 0) is 49.4 Å². The highest BCUT2D eigenvalue weighted by molar-refractivity contribution is 6.01. The molecule has 0 aliphatic heterocycles. The van der Waals surface area contributed by atoms with Crippen LogP contribution in [0.5, 0.6) is 17.2 Å². The molecule has 132 valence electrons. The lowest BCUT2D eigenvalue weighted by Crippen LogP contribution is -2.26. The molecule has 0 fully saturated rings. The number of anilines is 1. The Kier molecular flexibility index (Phi) is 6.22. The molecule has 0 aliphatic carbocycles. The van der Waals surface area contributed by atoms with Crippen molar-refractivity contribution in [2.24, 2.45) is 5.10 Å². The summed E-state index contributed by atoms with van der Waals surface area (Å²) in [7, 11) is 3.13. The third kappa shape index (κ3) is 5.13. The van der Waals surface area contributed by atoms with E-state index in [4.69, 9.17) is 9.47 Å². The van der Waals surface area contributed by atoms with Crippen molar-refractivity contribution >= 4 is 17.3 Å². The number of hydrogen-bond acceptors (Lipinski definition) is 6. The minimum absolute atomic E-state index is 0.0626. The van der Waals surface area contributed by atoms with Crippen LogP contribution < -0.4 is 20.2 Å². The highest BCUT2D eigenvalue weighted by Crippen LogP contribution is 2.23. The van der Waals surface area contributed by atoms with E-state index < -0.39 is 0 Å². The molecule has 0 saturated carbocycles. The van der Waals surface area contributed by atoms with Gasteiger partial charge in [0.1, 0.15) is 17.2 Å². The molecular weight excluding hydrogens is 322 g/mol. The lowest BCUT2D eigenvalue weighted by molar-refractivity contribution is -0.119. The second kappa shape index (κ2) is 8.58. The van der Waals surface area contributed by atoms with Gasteiger partial charge in [-0.2, -0.15) is 5.10 Å². The molecule has 0 aromatic heterocycles. The SMILES string of the molecule is COc1ccc(NCC(=O)N/N=C(\C)c2cc(OC)ccc2O)cc1. The highest BCUT2D eigenvalue weighted by Gasteiger charge is 2.07. The first-order valence-electron chi connectivity index (χ1n) is 7.62. The van der Waals surface area contributed by atoms with Crippen molar-refractivity contribution < 1.29 is 19.4 Å². The van der Waals surface area contributed by atoms with Crippen LogP contribution in [0.15, 0.2) is 47.6 Å². The van der Waals surface area contributed by atoms with Crippen molar-refractivity contribution in [3.05, 3.63) is 48.0 Å². The van der Waals surface area contributed by atoms with Gasteiger partial charge in [-0.25, -0.2) is 5.43 Å². The van der Waals surface area contributed by atoms with E-state index in [1.807, 2.05) is 12.1 Å². The summed E-state index contributed by atoms with van der Waals surface area (Å²) < 4.78 is 10.2. The number of nitrogens with zero attached hydrogens (tertiary/aromatic N) is 1. The van der Waals surface area contributed by atoms with Gasteiger partial charge < -0.3 is 19.9 Å². The van der Waals surface area contributed by atoms with Gasteiger partial charge in [-0.1, -0.05) is 0 Å². The van der Waals surface area contributed by atoms with Gasteiger partial charge in [0.2, 0.25) is 0 Å². The molecule has 2 aromatic carbocycles. The Morgan fingerprint density at radius 3 is 2.36 bits per heavy atom. The van der Waals surface area contributed by atoms with Crippen LogP contribution in [0, 0.1) is 0 Å². The maximum absolute atomic E-state index is 11.9. The van der Waals surface area contributed by atoms with Crippen LogP contribution in [0.2, 0.25) is 0 Å². The van der Waals surface area contributed by atoms with E-state index in [0.29, 0.717) is 17.0 Å². The summed E-state index contributed by atoms with van der Waals surface area (Å²) >= 11 is 0. The number of methoxy groups -OCH3 is 2. The fourth-order valence-corrected chi connectivity index (χ4v) is 2.07. The molecule has 7 nitrogen and oxygen atoms in total. The number of aromatic hydroxyl groups is 1. The predicted octanol–water partition coefficient (Wildman–Crippen LogP) is 2.36. The zero-order chi connectivity index (χ0) is 18.2. The molecule has 0 heterocycles. The number of amides is 1. The van der Waals surface area contributed by atoms with Gasteiger partial charge in [0.25, 0.3) is 5.91 Å². The number of carbonyl (C=O) groups excluding carboxylic acids is 1. The molecule has 2 rings (SSSR count). The Hall–Kier alpha value is -3.22. The number of rotatable bonds is 7. The second-order valence-electron chi connectivity index (χ2n) is 5.20. The summed E-state index contributed by atoms with van der Waals surface area (Å²) in [4.78, 5) is 11.9. The largest absolute Gasteiger partial charge is 0.507 e. The minimum Gasteiger partial charge on any atom is -0.507 e. The molecule has 0 atom stereocenters. The van der Waals surface area contributed by atoms with E-state index in [2.05, 4.69) is 15.8 Å². The molecule has 25 heavy (non-hydrogen) atoms. The van der Waals surface area contributed by atoms with Gasteiger partial charge in [0, 0.05) is 11.3 Å². The Bertz CT molecular complexity index is 757. The molecule has 0 spiro atoms. The summed E-state index contributed by atoms with van der Waals surface area (Å²) in [6, 6.07) is 12.0. The van der Waals surface area contributed by atoms with Crippen LogP contribution in [0.3, 0.4) is 0 Å². The lowest BCUT2D eigenvalue weighted by Gasteiger charge is -2.08. The Balaban J connectivity index is 1.92. The molecule has 2 aromatic rings. The second-order valence-corrected chi connectivity index (χ2v) is 5.20. The van der Waals surface area contributed by atoms with E-state index in [-0.39, 0.29) is 18.2 Å². The van der Waals surface area contributed by atoms with Gasteiger partial charge in [-0.15, -0.1) is 0 Å². The molecule has 0 unspecified atom stereocenters. The number of phenolic OH excluding ortho intramolecular Hbond substituents is 1. The highest BCUT2D eigenvalue weighted by atomic mass is 16.5. The molecule has 0 saturated heterocycles. The normalized spacial score (nSPS) is 10.9. The number of hydrazone groups is 1. The summed E-state index contributed by atoms with van der Waals surface area (Å²) in [6.45, 7) is 1.75. The van der Waals surface area contributed by atoms with E-state index in [1.54, 1.807) is 38.3 Å². The average Bonchev–Trinajstić information content (AvgIpc) is 2.65. The first kappa shape index (κ1) is 18.1. The molecule has 0 bridgehead atoms. The summed E-state index contributed by atoms with van der Waals surface area (Å²) in [5.74, 6) is 1.09. The minimum atomic E-state index is -0.308. The number of phenols is 1. The quantitative estimate of drug-likeness (QED) is 0.530. The topological polar surface area (TPSA) is 92.2 Å². The predicted molar refractivity (Wildman–Crippen MR) is 96.5 cm³/mol. The number of hydrogen-bond donors (Lipinski definition) is 3. The maximum Gasteiger partial charge on any atom is 0.259 e. The number of ether oxygens (including phenoxy) is 2. The van der Waals surface area contributed by atoms with Crippen LogP contribution in [0.25, 0.3) is 0 Å². The first-order valence-corrected chi connectivity index (χ1v) is 7.62. The standard InChI is InChI=1S/C18H21N3O4/c1-12(16-10-15(25-3)8-9-17(16)22)20-21-18(23)11-19-13-4-6-14(24-2)7-5-13/h4-10,19,22H,11H2,1-3H3,(H,21,23)/b20-12+. The van der Waals surface area contributed by atoms with Crippen molar-refractivity contribution in [2.45, 2.75) is 6.92 Å². The molecule has 0 aliphatic rings. The number of nitrogens with one attached hydrogen (secondary N) is 2. The lowest BCUT2D eigenvalue weighted by atomic mass is 10.1. The summed E-state index contributed by atoms with van der Waals surface area (Å²) in [6.07, 6.45) is 0. The Labute approximate surface area is 146 Å². The molecule has 3 N–H and O–H groups in total. The number of benzene rings is 2. The van der Waals surface area contributed by atoms with E-state index in [9.17, 15) is 9.90 Å². The van der Waals surface area contributed by atoms with Gasteiger partial charge in [0.05, 0.1) is 26.5 Å². The first-order chi connectivity index (χ1) is 12.0. The Morgan fingerprint density at radius 2 is 1.72 bits per heavy atom. The van der Waals surface area contributed by atoms with Crippen molar-refractivity contribution in [3.63, 3.8) is 0 Å². The van der Waals surface area contributed by atoms with Gasteiger partial charge in [0.15, 0.2) is 0 Å². The third-order valence-corrected chi connectivity index (χ3v) is 3.48. The summed E-state index contributed by atoms with van der Waals surface area (Å²) in [5, 5.41) is 16.9. The maximum atomic E-state index is 11.9. The van der Waals surface area contributed by atoms with Gasteiger partial charge >= 0.3 is 0 Å². The molecule has 0 radical (unpaired) electrons. The number of carbonyl (C=O) groups is 1. The van der Waals surface area contributed by atoms with Crippen molar-refractivity contribution in [1.82, 2.24) is 5.43 Å². The zero-order valence-corrected chi connectivity index (χ0v) is 14.4. The van der Waals surface area contributed by atoms with Crippen LogP contribution >= 0.6 is 0 Å². The van der Waals surface area contributed by atoms with Crippen LogP contribution in [-0.4, -0.2) is 37.5 Å².